The maximum Gasteiger partial charge on any atom is 0.271 e. The van der Waals surface area contributed by atoms with Crippen molar-refractivity contribution in [3.8, 4) is 0 Å². The van der Waals surface area contributed by atoms with Gasteiger partial charge in [0.2, 0.25) is 0 Å². The third-order valence-electron chi connectivity index (χ3n) is 4.14. The highest BCUT2D eigenvalue weighted by Crippen LogP contribution is 2.12. The van der Waals surface area contributed by atoms with Gasteiger partial charge in [-0.15, -0.1) is 0 Å². The molecule has 6 heteroatoms. The monoisotopic (exact) mass is 354 g/mol. The van der Waals surface area contributed by atoms with Crippen LogP contribution in [0.25, 0.3) is 0 Å². The molecule has 0 spiro atoms. The van der Waals surface area contributed by atoms with Gasteiger partial charge in [0.15, 0.2) is 0 Å². The van der Waals surface area contributed by atoms with E-state index in [2.05, 4.69) is 4.98 Å². The average Bonchev–Trinajstić information content (AvgIpc) is 2.64. The van der Waals surface area contributed by atoms with Gasteiger partial charge in [-0.2, -0.15) is 0 Å². The van der Waals surface area contributed by atoms with Gasteiger partial charge < -0.3 is 15.5 Å². The molecule has 0 saturated carbocycles. The molecular formula is C20H26N4O2. The fraction of sp³-hybridized carbons (Fsp3) is 0.350. The number of amides is 2. The van der Waals surface area contributed by atoms with E-state index < -0.39 is 0 Å². The van der Waals surface area contributed by atoms with Gasteiger partial charge in [0.25, 0.3) is 11.8 Å². The van der Waals surface area contributed by atoms with Crippen LogP contribution in [0.2, 0.25) is 0 Å². The molecule has 0 atom stereocenters. The molecule has 1 aromatic heterocycles. The highest BCUT2D eigenvalue weighted by molar-refractivity contribution is 5.97. The molecule has 2 N–H and O–H groups in total. The summed E-state index contributed by atoms with van der Waals surface area (Å²) in [4.78, 5) is 32.5. The zero-order valence-electron chi connectivity index (χ0n) is 15.6. The van der Waals surface area contributed by atoms with Gasteiger partial charge in [-0.25, -0.2) is 4.98 Å². The van der Waals surface area contributed by atoms with E-state index >= 15 is 0 Å². The smallest absolute Gasteiger partial charge is 0.271 e. The van der Waals surface area contributed by atoms with Gasteiger partial charge in [0.05, 0.1) is 11.3 Å². The van der Waals surface area contributed by atoms with Crippen LogP contribution in [0.15, 0.2) is 42.5 Å². The first-order valence-electron chi connectivity index (χ1n) is 8.66. The first-order chi connectivity index (χ1) is 12.4. The molecule has 0 aliphatic rings. The summed E-state index contributed by atoms with van der Waals surface area (Å²) in [6.07, 6.45) is 0.760. The van der Waals surface area contributed by atoms with Crippen molar-refractivity contribution in [2.24, 2.45) is 5.73 Å². The molecule has 1 aromatic carbocycles. The number of aromatic nitrogens is 1. The van der Waals surface area contributed by atoms with Crippen LogP contribution in [0.5, 0.6) is 0 Å². The number of hydrogen-bond acceptors (Lipinski definition) is 4. The zero-order chi connectivity index (χ0) is 19.1. The third kappa shape index (κ3) is 4.89. The highest BCUT2D eigenvalue weighted by Gasteiger charge is 2.19. The summed E-state index contributed by atoms with van der Waals surface area (Å²) < 4.78 is 0. The molecule has 0 aliphatic carbocycles. The number of benzene rings is 1. The van der Waals surface area contributed by atoms with Crippen molar-refractivity contribution in [2.75, 3.05) is 33.7 Å². The molecule has 26 heavy (non-hydrogen) atoms. The molecule has 6 nitrogen and oxygen atoms in total. The van der Waals surface area contributed by atoms with Crippen molar-refractivity contribution in [3.05, 3.63) is 65.0 Å². The van der Waals surface area contributed by atoms with Crippen LogP contribution in [-0.2, 0) is 6.42 Å². The Balaban J connectivity index is 2.16. The molecule has 0 bridgehead atoms. The van der Waals surface area contributed by atoms with Gasteiger partial charge in [-0.3, -0.25) is 9.59 Å². The van der Waals surface area contributed by atoms with Crippen LogP contribution in [0.3, 0.4) is 0 Å². The molecule has 0 aliphatic heterocycles. The Labute approximate surface area is 154 Å². The molecule has 0 unspecified atom stereocenters. The van der Waals surface area contributed by atoms with Gasteiger partial charge in [0.1, 0.15) is 5.69 Å². The first-order valence-corrected chi connectivity index (χ1v) is 8.66. The summed E-state index contributed by atoms with van der Waals surface area (Å²) in [5, 5.41) is 0. The fourth-order valence-corrected chi connectivity index (χ4v) is 2.69. The van der Waals surface area contributed by atoms with E-state index in [0.717, 1.165) is 6.42 Å². The summed E-state index contributed by atoms with van der Waals surface area (Å²) in [7, 11) is 3.34. The van der Waals surface area contributed by atoms with Crippen molar-refractivity contribution in [2.45, 2.75) is 13.3 Å². The fourth-order valence-electron chi connectivity index (χ4n) is 2.69. The van der Waals surface area contributed by atoms with E-state index in [1.807, 2.05) is 30.3 Å². The van der Waals surface area contributed by atoms with Crippen LogP contribution < -0.4 is 5.73 Å². The summed E-state index contributed by atoms with van der Waals surface area (Å²) in [6, 6.07) is 13.3. The van der Waals surface area contributed by atoms with Crippen LogP contribution in [0.4, 0.5) is 0 Å². The summed E-state index contributed by atoms with van der Waals surface area (Å²) in [5.74, 6) is -0.296. The van der Waals surface area contributed by atoms with Crippen LogP contribution in [-0.4, -0.2) is 60.3 Å². The molecule has 2 rings (SSSR count). The molecule has 138 valence electrons. The standard InChI is InChI=1S/C20H26N4O2/c1-15-17(9-10-18(22-15)20(26)23(2)3)19(25)24(14-12-21)13-11-16-7-5-4-6-8-16/h4-10H,11-14,21H2,1-3H3. The second-order valence-corrected chi connectivity index (χ2v) is 6.35. The van der Waals surface area contributed by atoms with E-state index in [1.165, 1.54) is 10.5 Å². The molecule has 1 heterocycles. The predicted octanol–water partition coefficient (Wildman–Crippen LogP) is 1.74. The Kier molecular flexibility index (Phi) is 6.86. The Hall–Kier alpha value is -2.73. The van der Waals surface area contributed by atoms with E-state index in [-0.39, 0.29) is 11.8 Å². The molecule has 2 amide bonds. The number of hydrogen-bond donors (Lipinski definition) is 1. The number of pyridine rings is 1. The Morgan fingerprint density at radius 3 is 2.27 bits per heavy atom. The lowest BCUT2D eigenvalue weighted by Crippen LogP contribution is -2.37. The predicted molar refractivity (Wildman–Crippen MR) is 102 cm³/mol. The van der Waals surface area contributed by atoms with Gasteiger partial charge in [-0.1, -0.05) is 30.3 Å². The summed E-state index contributed by atoms with van der Waals surface area (Å²) in [5.41, 5.74) is 8.24. The minimum atomic E-state index is -0.185. The molecule has 0 saturated heterocycles. The van der Waals surface area contributed by atoms with E-state index in [0.29, 0.717) is 36.6 Å². The number of nitrogens with two attached hydrogens (primary N) is 1. The Morgan fingerprint density at radius 1 is 1.00 bits per heavy atom. The number of carbonyl (C=O) groups excluding carboxylic acids is 2. The van der Waals surface area contributed by atoms with Crippen LogP contribution >= 0.6 is 0 Å². The number of nitrogens with zero attached hydrogens (tertiary/aromatic N) is 3. The zero-order valence-corrected chi connectivity index (χ0v) is 15.6. The molecule has 0 fully saturated rings. The first kappa shape index (κ1) is 19.6. The minimum absolute atomic E-state index is 0.111. The van der Waals surface area contributed by atoms with Crippen molar-refractivity contribution in [1.82, 2.24) is 14.8 Å². The van der Waals surface area contributed by atoms with E-state index in [4.69, 9.17) is 5.73 Å². The van der Waals surface area contributed by atoms with Crippen molar-refractivity contribution in [3.63, 3.8) is 0 Å². The van der Waals surface area contributed by atoms with Crippen molar-refractivity contribution < 1.29 is 9.59 Å². The van der Waals surface area contributed by atoms with Crippen molar-refractivity contribution >= 4 is 11.8 Å². The van der Waals surface area contributed by atoms with E-state index in [1.54, 1.807) is 38.1 Å². The average molecular weight is 354 g/mol. The normalized spacial score (nSPS) is 10.5. The second kappa shape index (κ2) is 9.10. The lowest BCUT2D eigenvalue weighted by Gasteiger charge is -2.23. The van der Waals surface area contributed by atoms with Crippen molar-refractivity contribution in [1.29, 1.82) is 0 Å². The molecular weight excluding hydrogens is 328 g/mol. The van der Waals surface area contributed by atoms with Gasteiger partial charge >= 0.3 is 0 Å². The lowest BCUT2D eigenvalue weighted by atomic mass is 10.1. The maximum absolute atomic E-state index is 12.9. The minimum Gasteiger partial charge on any atom is -0.343 e. The topological polar surface area (TPSA) is 79.5 Å². The summed E-state index contributed by atoms with van der Waals surface area (Å²) in [6.45, 7) is 3.20. The quantitative estimate of drug-likeness (QED) is 0.821. The largest absolute Gasteiger partial charge is 0.343 e. The number of rotatable bonds is 7. The Bertz CT molecular complexity index is 760. The van der Waals surface area contributed by atoms with Gasteiger partial charge in [-0.05, 0) is 31.0 Å². The maximum atomic E-state index is 12.9. The number of carbonyl (C=O) groups is 2. The molecule has 0 radical (unpaired) electrons. The van der Waals surface area contributed by atoms with E-state index in [9.17, 15) is 9.59 Å². The van der Waals surface area contributed by atoms with Gasteiger partial charge in [0, 0.05) is 33.7 Å². The highest BCUT2D eigenvalue weighted by atomic mass is 16.2. The summed E-state index contributed by atoms with van der Waals surface area (Å²) >= 11 is 0. The van der Waals surface area contributed by atoms with Crippen LogP contribution in [0, 0.1) is 6.92 Å². The second-order valence-electron chi connectivity index (χ2n) is 6.35. The molecule has 2 aromatic rings. The third-order valence-corrected chi connectivity index (χ3v) is 4.14. The Morgan fingerprint density at radius 2 is 1.69 bits per heavy atom. The SMILES string of the molecule is Cc1nc(C(=O)N(C)C)ccc1C(=O)N(CCN)CCc1ccccc1. The lowest BCUT2D eigenvalue weighted by molar-refractivity contribution is 0.0758. The number of aryl methyl sites for hydroxylation is 1. The van der Waals surface area contributed by atoms with Crippen LogP contribution in [0.1, 0.15) is 32.1 Å².